The summed E-state index contributed by atoms with van der Waals surface area (Å²) < 4.78 is 18.8. The fraction of sp³-hybridized carbons (Fsp3) is 0.200. The molecular weight excluding hydrogens is 361 g/mol. The Morgan fingerprint density at radius 1 is 1.14 bits per heavy atom. The average Bonchev–Trinajstić information content (AvgIpc) is 3.21. The standard InChI is InChI=1S/C20H20FN5O2/c21-15-4-1-13(2-5-15)14-3-6-16(22)17(11-14)25-19(27)18-12-24-20(28-18)26-9-7-23-8-10-26/h1-6,11-12,23H,7-10,22H2,(H,25,27). The van der Waals surface area contributed by atoms with Crippen LogP contribution in [0.3, 0.4) is 0 Å². The summed E-state index contributed by atoms with van der Waals surface area (Å²) in [5.74, 6) is -0.629. The van der Waals surface area contributed by atoms with Gasteiger partial charge in [-0.1, -0.05) is 18.2 Å². The lowest BCUT2D eigenvalue weighted by atomic mass is 10.0. The normalized spacial score (nSPS) is 14.1. The van der Waals surface area contributed by atoms with Crippen LogP contribution in [0.4, 0.5) is 21.8 Å². The minimum atomic E-state index is -0.433. The van der Waals surface area contributed by atoms with E-state index in [1.165, 1.54) is 18.3 Å². The molecule has 1 aromatic heterocycles. The van der Waals surface area contributed by atoms with Gasteiger partial charge in [-0.3, -0.25) is 4.79 Å². The van der Waals surface area contributed by atoms with E-state index < -0.39 is 5.91 Å². The SMILES string of the molecule is Nc1ccc(-c2ccc(F)cc2)cc1NC(=O)c1cnc(N2CCNCC2)o1. The molecule has 0 spiro atoms. The lowest BCUT2D eigenvalue weighted by molar-refractivity contribution is 0.0997. The van der Waals surface area contributed by atoms with Crippen molar-refractivity contribution in [1.29, 1.82) is 0 Å². The van der Waals surface area contributed by atoms with Crippen LogP contribution < -0.4 is 21.3 Å². The number of nitrogen functional groups attached to an aromatic ring is 1. The zero-order chi connectivity index (χ0) is 19.5. The second kappa shape index (κ2) is 7.69. The highest BCUT2D eigenvalue weighted by Gasteiger charge is 2.19. The molecule has 7 nitrogen and oxygen atoms in total. The number of nitrogens with zero attached hydrogens (tertiary/aromatic N) is 2. The van der Waals surface area contributed by atoms with Gasteiger partial charge in [0.15, 0.2) is 0 Å². The molecule has 0 radical (unpaired) electrons. The number of aromatic nitrogens is 1. The third-order valence-electron chi connectivity index (χ3n) is 4.58. The maximum atomic E-state index is 13.1. The number of halogens is 1. The molecule has 0 aliphatic carbocycles. The maximum absolute atomic E-state index is 13.1. The first-order valence-electron chi connectivity index (χ1n) is 8.98. The minimum Gasteiger partial charge on any atom is -0.418 e. The van der Waals surface area contributed by atoms with E-state index in [4.69, 9.17) is 10.2 Å². The number of amides is 1. The molecule has 0 unspecified atom stereocenters. The van der Waals surface area contributed by atoms with Crippen molar-refractivity contribution >= 4 is 23.3 Å². The van der Waals surface area contributed by atoms with Crippen LogP contribution >= 0.6 is 0 Å². The Bertz CT molecular complexity index is 981. The summed E-state index contributed by atoms with van der Waals surface area (Å²) in [7, 11) is 0. The van der Waals surface area contributed by atoms with Gasteiger partial charge in [-0.2, -0.15) is 0 Å². The number of rotatable bonds is 4. The molecule has 1 fully saturated rings. The number of hydrogen-bond acceptors (Lipinski definition) is 6. The van der Waals surface area contributed by atoms with Crippen LogP contribution in [0, 0.1) is 5.82 Å². The van der Waals surface area contributed by atoms with Crippen molar-refractivity contribution in [2.24, 2.45) is 0 Å². The Morgan fingerprint density at radius 3 is 2.61 bits per heavy atom. The molecule has 2 heterocycles. The van der Waals surface area contributed by atoms with Crippen molar-refractivity contribution in [1.82, 2.24) is 10.3 Å². The minimum absolute atomic E-state index is 0.111. The number of piperazine rings is 1. The Labute approximate surface area is 161 Å². The molecule has 1 amide bonds. The molecule has 1 aliphatic rings. The molecule has 0 atom stereocenters. The highest BCUT2D eigenvalue weighted by Crippen LogP contribution is 2.28. The van der Waals surface area contributed by atoms with Crippen LogP contribution in [0.2, 0.25) is 0 Å². The summed E-state index contributed by atoms with van der Waals surface area (Å²) in [5.41, 5.74) is 8.50. The van der Waals surface area contributed by atoms with E-state index in [0.29, 0.717) is 17.4 Å². The van der Waals surface area contributed by atoms with Crippen molar-refractivity contribution in [3.63, 3.8) is 0 Å². The fourth-order valence-corrected chi connectivity index (χ4v) is 3.04. The number of benzene rings is 2. The van der Waals surface area contributed by atoms with Crippen molar-refractivity contribution in [3.05, 3.63) is 60.2 Å². The summed E-state index contributed by atoms with van der Waals surface area (Å²) >= 11 is 0. The van der Waals surface area contributed by atoms with E-state index >= 15 is 0 Å². The van der Waals surface area contributed by atoms with Gasteiger partial charge in [0, 0.05) is 26.2 Å². The third-order valence-corrected chi connectivity index (χ3v) is 4.58. The average molecular weight is 381 g/mol. The van der Waals surface area contributed by atoms with Gasteiger partial charge < -0.3 is 25.7 Å². The van der Waals surface area contributed by atoms with E-state index in [1.54, 1.807) is 24.3 Å². The monoisotopic (exact) mass is 381 g/mol. The number of carbonyl (C=O) groups is 1. The molecule has 0 saturated carbocycles. The number of nitrogens with two attached hydrogens (primary N) is 1. The number of oxazole rings is 1. The molecule has 4 N–H and O–H groups in total. The Kier molecular flexibility index (Phi) is 4.94. The van der Waals surface area contributed by atoms with Crippen molar-refractivity contribution < 1.29 is 13.6 Å². The van der Waals surface area contributed by atoms with E-state index in [2.05, 4.69) is 15.6 Å². The van der Waals surface area contributed by atoms with Crippen LogP contribution in [0.1, 0.15) is 10.6 Å². The summed E-state index contributed by atoms with van der Waals surface area (Å²) in [6.45, 7) is 3.23. The Balaban J connectivity index is 1.52. The summed E-state index contributed by atoms with van der Waals surface area (Å²) in [4.78, 5) is 18.8. The summed E-state index contributed by atoms with van der Waals surface area (Å²) in [5, 5.41) is 6.01. The summed E-state index contributed by atoms with van der Waals surface area (Å²) in [6.07, 6.45) is 1.41. The highest BCUT2D eigenvalue weighted by atomic mass is 19.1. The van der Waals surface area contributed by atoms with Crippen LogP contribution in [0.5, 0.6) is 0 Å². The molecule has 8 heteroatoms. The molecule has 0 bridgehead atoms. The molecule has 28 heavy (non-hydrogen) atoms. The van der Waals surface area contributed by atoms with Crippen LogP contribution in [0.25, 0.3) is 11.1 Å². The fourth-order valence-electron chi connectivity index (χ4n) is 3.04. The van der Waals surface area contributed by atoms with E-state index in [9.17, 15) is 9.18 Å². The molecule has 144 valence electrons. The van der Waals surface area contributed by atoms with Gasteiger partial charge in [-0.15, -0.1) is 0 Å². The molecule has 3 aromatic rings. The number of carbonyl (C=O) groups excluding carboxylic acids is 1. The second-order valence-corrected chi connectivity index (χ2v) is 6.51. The van der Waals surface area contributed by atoms with Gasteiger partial charge in [-0.25, -0.2) is 9.37 Å². The van der Waals surface area contributed by atoms with Crippen LogP contribution in [-0.4, -0.2) is 37.1 Å². The predicted octanol–water partition coefficient (Wildman–Crippen LogP) is 2.72. The lowest BCUT2D eigenvalue weighted by Gasteiger charge is -2.25. The van der Waals surface area contributed by atoms with Crippen LogP contribution in [0.15, 0.2) is 53.1 Å². The van der Waals surface area contributed by atoms with E-state index in [1.807, 2.05) is 11.0 Å². The van der Waals surface area contributed by atoms with E-state index in [-0.39, 0.29) is 11.6 Å². The molecular formula is C20H20FN5O2. The van der Waals surface area contributed by atoms with Gasteiger partial charge in [0.05, 0.1) is 17.6 Å². The zero-order valence-corrected chi connectivity index (χ0v) is 15.1. The molecule has 1 aliphatic heterocycles. The first-order valence-corrected chi connectivity index (χ1v) is 8.98. The second-order valence-electron chi connectivity index (χ2n) is 6.51. The Morgan fingerprint density at radius 2 is 1.86 bits per heavy atom. The Hall–Kier alpha value is -3.39. The smallest absolute Gasteiger partial charge is 0.298 e. The predicted molar refractivity (Wildman–Crippen MR) is 106 cm³/mol. The molecule has 2 aromatic carbocycles. The van der Waals surface area contributed by atoms with Gasteiger partial charge in [-0.05, 0) is 35.4 Å². The molecule has 1 saturated heterocycles. The number of hydrogen-bond donors (Lipinski definition) is 3. The van der Waals surface area contributed by atoms with Crippen molar-refractivity contribution in [3.8, 4) is 11.1 Å². The van der Waals surface area contributed by atoms with Crippen LogP contribution in [-0.2, 0) is 0 Å². The third kappa shape index (κ3) is 3.81. The maximum Gasteiger partial charge on any atom is 0.298 e. The van der Waals surface area contributed by atoms with Gasteiger partial charge in [0.25, 0.3) is 11.9 Å². The largest absolute Gasteiger partial charge is 0.418 e. The van der Waals surface area contributed by atoms with E-state index in [0.717, 1.165) is 37.3 Å². The number of nitrogens with one attached hydrogen (secondary N) is 2. The topological polar surface area (TPSA) is 96.4 Å². The van der Waals surface area contributed by atoms with Gasteiger partial charge in [0.2, 0.25) is 5.76 Å². The first kappa shape index (κ1) is 18.0. The van der Waals surface area contributed by atoms with Gasteiger partial charge >= 0.3 is 0 Å². The number of anilines is 3. The highest BCUT2D eigenvalue weighted by molar-refractivity contribution is 6.04. The van der Waals surface area contributed by atoms with Gasteiger partial charge in [0.1, 0.15) is 5.82 Å². The zero-order valence-electron chi connectivity index (χ0n) is 15.1. The lowest BCUT2D eigenvalue weighted by Crippen LogP contribution is -2.43. The summed E-state index contributed by atoms with van der Waals surface area (Å²) in [6, 6.07) is 11.8. The van der Waals surface area contributed by atoms with Crippen molar-refractivity contribution in [2.45, 2.75) is 0 Å². The van der Waals surface area contributed by atoms with Crippen molar-refractivity contribution in [2.75, 3.05) is 42.1 Å². The first-order chi connectivity index (χ1) is 13.6. The molecule has 4 rings (SSSR count). The quantitative estimate of drug-likeness (QED) is 0.602.